The molecule has 5 unspecified atom stereocenters. The van der Waals surface area contributed by atoms with Crippen LogP contribution in [0.4, 0.5) is 0 Å². The SMILES string of the molecule is CC(CCC(C)(C)N1C(=O)C2C3CC(C2C1=O)[C@@H](C)C3)C(=O)NC1CCCC1. The number of carbonyl (C=O) groups is 3. The normalized spacial score (nSPS) is 36.3. The van der Waals surface area contributed by atoms with Crippen LogP contribution in [0.3, 0.4) is 0 Å². The zero-order chi connectivity index (χ0) is 20.2. The first-order valence-corrected chi connectivity index (χ1v) is 11.4. The molecule has 28 heavy (non-hydrogen) atoms. The smallest absolute Gasteiger partial charge is 0.233 e. The van der Waals surface area contributed by atoms with Crippen LogP contribution in [0, 0.1) is 35.5 Å². The van der Waals surface area contributed by atoms with Crippen LogP contribution in [-0.4, -0.2) is 34.2 Å². The first-order valence-electron chi connectivity index (χ1n) is 11.4. The van der Waals surface area contributed by atoms with Gasteiger partial charge in [-0.1, -0.05) is 26.7 Å². The van der Waals surface area contributed by atoms with Gasteiger partial charge in [-0.2, -0.15) is 0 Å². The van der Waals surface area contributed by atoms with Crippen LogP contribution in [0.15, 0.2) is 0 Å². The number of nitrogens with one attached hydrogen (secondary N) is 1. The van der Waals surface area contributed by atoms with Gasteiger partial charge in [-0.05, 0) is 70.1 Å². The van der Waals surface area contributed by atoms with Gasteiger partial charge >= 0.3 is 0 Å². The fourth-order valence-electron chi connectivity index (χ4n) is 6.61. The molecule has 5 nitrogen and oxygen atoms in total. The lowest BCUT2D eigenvalue weighted by Gasteiger charge is -2.36. The third kappa shape index (κ3) is 3.19. The van der Waals surface area contributed by atoms with Crippen molar-refractivity contribution in [1.82, 2.24) is 10.2 Å². The van der Waals surface area contributed by atoms with E-state index in [2.05, 4.69) is 12.2 Å². The van der Waals surface area contributed by atoms with E-state index in [1.807, 2.05) is 20.8 Å². The minimum absolute atomic E-state index is 0.0575. The Morgan fingerprint density at radius 1 is 1.14 bits per heavy atom. The monoisotopic (exact) mass is 388 g/mol. The summed E-state index contributed by atoms with van der Waals surface area (Å²) in [7, 11) is 0. The van der Waals surface area contributed by atoms with Gasteiger partial charge < -0.3 is 5.32 Å². The minimum atomic E-state index is -0.525. The van der Waals surface area contributed by atoms with E-state index in [-0.39, 0.29) is 35.5 Å². The predicted molar refractivity (Wildman–Crippen MR) is 107 cm³/mol. The highest BCUT2D eigenvalue weighted by Crippen LogP contribution is 2.59. The highest BCUT2D eigenvalue weighted by Gasteiger charge is 2.64. The van der Waals surface area contributed by atoms with Crippen molar-refractivity contribution in [2.45, 2.75) is 90.6 Å². The van der Waals surface area contributed by atoms with Gasteiger partial charge in [-0.15, -0.1) is 0 Å². The molecular formula is C23H36N2O3. The van der Waals surface area contributed by atoms with Crippen LogP contribution in [0.2, 0.25) is 0 Å². The molecule has 5 heteroatoms. The molecule has 0 spiro atoms. The number of hydrogen-bond donors (Lipinski definition) is 1. The largest absolute Gasteiger partial charge is 0.353 e. The Labute approximate surface area is 169 Å². The standard InChI is InChI=1S/C23H36N2O3/c1-13(20(26)24-16-7-5-6-8-16)9-10-23(3,4)25-21(27)18-15-11-14(2)17(12-15)19(18)22(25)28/h13-19H,5-12H2,1-4H3,(H,24,26)/t13?,14-,15?,17?,18?,19?/m0/s1. The van der Waals surface area contributed by atoms with E-state index in [4.69, 9.17) is 0 Å². The van der Waals surface area contributed by atoms with Gasteiger partial charge in [0.15, 0.2) is 0 Å². The van der Waals surface area contributed by atoms with Crippen molar-refractivity contribution in [2.75, 3.05) is 0 Å². The molecule has 3 amide bonds. The summed E-state index contributed by atoms with van der Waals surface area (Å²) in [4.78, 5) is 40.5. The summed E-state index contributed by atoms with van der Waals surface area (Å²) in [5.74, 6) is 1.34. The van der Waals surface area contributed by atoms with E-state index < -0.39 is 5.54 Å². The van der Waals surface area contributed by atoms with E-state index >= 15 is 0 Å². The fraction of sp³-hybridized carbons (Fsp3) is 0.870. The van der Waals surface area contributed by atoms with Crippen molar-refractivity contribution < 1.29 is 14.4 Å². The van der Waals surface area contributed by atoms with Crippen molar-refractivity contribution in [3.63, 3.8) is 0 Å². The summed E-state index contributed by atoms with van der Waals surface area (Å²) in [5.41, 5.74) is -0.525. The number of likely N-dealkylation sites (tertiary alicyclic amines) is 1. The summed E-state index contributed by atoms with van der Waals surface area (Å²) in [6.07, 6.45) is 8.10. The molecule has 1 saturated heterocycles. The second kappa shape index (κ2) is 7.14. The van der Waals surface area contributed by atoms with Gasteiger partial charge in [0, 0.05) is 17.5 Å². The summed E-state index contributed by atoms with van der Waals surface area (Å²) < 4.78 is 0. The third-order valence-electron chi connectivity index (χ3n) is 8.29. The molecule has 6 atom stereocenters. The zero-order valence-corrected chi connectivity index (χ0v) is 17.9. The van der Waals surface area contributed by atoms with E-state index in [0.717, 1.165) is 25.7 Å². The quantitative estimate of drug-likeness (QED) is 0.708. The molecule has 4 aliphatic rings. The van der Waals surface area contributed by atoms with Gasteiger partial charge in [0.25, 0.3) is 0 Å². The molecule has 3 aliphatic carbocycles. The highest BCUT2D eigenvalue weighted by atomic mass is 16.2. The number of imide groups is 1. The van der Waals surface area contributed by atoms with E-state index in [1.54, 1.807) is 4.90 Å². The van der Waals surface area contributed by atoms with Crippen LogP contribution in [0.1, 0.15) is 79.1 Å². The first kappa shape index (κ1) is 19.9. The van der Waals surface area contributed by atoms with Crippen molar-refractivity contribution >= 4 is 17.7 Å². The number of hydrogen-bond acceptors (Lipinski definition) is 3. The Morgan fingerprint density at radius 3 is 2.46 bits per heavy atom. The molecule has 2 bridgehead atoms. The maximum Gasteiger partial charge on any atom is 0.233 e. The van der Waals surface area contributed by atoms with Crippen molar-refractivity contribution in [2.24, 2.45) is 35.5 Å². The van der Waals surface area contributed by atoms with Gasteiger partial charge in [-0.25, -0.2) is 0 Å². The second-order valence-corrected chi connectivity index (χ2v) is 10.7. The molecule has 0 aromatic rings. The highest BCUT2D eigenvalue weighted by molar-refractivity contribution is 6.06. The fourth-order valence-corrected chi connectivity index (χ4v) is 6.61. The van der Waals surface area contributed by atoms with Crippen LogP contribution in [0.5, 0.6) is 0 Å². The minimum Gasteiger partial charge on any atom is -0.353 e. The predicted octanol–water partition coefficient (Wildman–Crippen LogP) is 3.52. The molecule has 4 fully saturated rings. The van der Waals surface area contributed by atoms with Crippen molar-refractivity contribution in [3.8, 4) is 0 Å². The molecule has 4 rings (SSSR count). The Hall–Kier alpha value is -1.39. The Bertz CT molecular complexity index is 667. The van der Waals surface area contributed by atoms with Gasteiger partial charge in [0.2, 0.25) is 17.7 Å². The molecular weight excluding hydrogens is 352 g/mol. The Morgan fingerprint density at radius 2 is 1.79 bits per heavy atom. The molecule has 0 aromatic heterocycles. The summed E-state index contributed by atoms with van der Waals surface area (Å²) in [6, 6.07) is 0.335. The van der Waals surface area contributed by atoms with E-state index in [0.29, 0.717) is 36.6 Å². The average molecular weight is 389 g/mol. The molecule has 0 radical (unpaired) electrons. The van der Waals surface area contributed by atoms with Gasteiger partial charge in [0.05, 0.1) is 11.8 Å². The van der Waals surface area contributed by atoms with Crippen molar-refractivity contribution in [3.05, 3.63) is 0 Å². The number of fused-ring (bicyclic) bond motifs is 5. The number of rotatable bonds is 6. The van der Waals surface area contributed by atoms with E-state index in [9.17, 15) is 14.4 Å². The third-order valence-corrected chi connectivity index (χ3v) is 8.29. The molecule has 156 valence electrons. The van der Waals surface area contributed by atoms with Gasteiger partial charge in [-0.3, -0.25) is 19.3 Å². The summed E-state index contributed by atoms with van der Waals surface area (Å²) in [6.45, 7) is 8.19. The lowest BCUT2D eigenvalue weighted by atomic mass is 9.76. The van der Waals surface area contributed by atoms with Crippen LogP contribution < -0.4 is 5.32 Å². The Kier molecular flexibility index (Phi) is 5.08. The lowest BCUT2D eigenvalue weighted by molar-refractivity contribution is -0.147. The maximum absolute atomic E-state index is 13.2. The number of amides is 3. The maximum atomic E-state index is 13.2. The summed E-state index contributed by atoms with van der Waals surface area (Å²) in [5, 5.41) is 3.17. The zero-order valence-electron chi connectivity index (χ0n) is 17.9. The second-order valence-electron chi connectivity index (χ2n) is 10.7. The van der Waals surface area contributed by atoms with Crippen LogP contribution in [0.25, 0.3) is 0 Å². The lowest BCUT2D eigenvalue weighted by Crippen LogP contribution is -2.49. The van der Waals surface area contributed by atoms with Crippen LogP contribution in [-0.2, 0) is 14.4 Å². The molecule has 1 heterocycles. The topological polar surface area (TPSA) is 66.5 Å². The van der Waals surface area contributed by atoms with E-state index in [1.165, 1.54) is 12.8 Å². The number of carbonyl (C=O) groups excluding carboxylic acids is 3. The Balaban J connectivity index is 1.37. The average Bonchev–Trinajstić information content (AvgIpc) is 3.37. The van der Waals surface area contributed by atoms with Gasteiger partial charge in [0.1, 0.15) is 0 Å². The molecule has 1 N–H and O–H groups in total. The molecule has 3 saturated carbocycles. The van der Waals surface area contributed by atoms with Crippen molar-refractivity contribution in [1.29, 1.82) is 0 Å². The summed E-state index contributed by atoms with van der Waals surface area (Å²) >= 11 is 0. The first-order chi connectivity index (χ1) is 13.2. The number of nitrogens with zero attached hydrogens (tertiary/aromatic N) is 1. The molecule has 0 aromatic carbocycles. The molecule has 1 aliphatic heterocycles. The van der Waals surface area contributed by atoms with Crippen LogP contribution >= 0.6 is 0 Å².